The summed E-state index contributed by atoms with van der Waals surface area (Å²) in [6.07, 6.45) is 0. The van der Waals surface area contributed by atoms with Crippen molar-refractivity contribution in [3.8, 4) is 0 Å². The van der Waals surface area contributed by atoms with Crippen molar-refractivity contribution in [1.82, 2.24) is 10.3 Å². The van der Waals surface area contributed by atoms with Gasteiger partial charge in [0, 0.05) is 12.6 Å². The topological polar surface area (TPSA) is 58.4 Å². The standard InChI is InChI=1S/C13H23N3OS/c1-9(13(2,3)4)16(5)8-10-6-7-18-11(10)12(17)15-14/h6-7,9H,8,14H2,1-5H3,(H,15,17). The molecule has 1 atom stereocenters. The lowest BCUT2D eigenvalue weighted by Crippen LogP contribution is -2.39. The smallest absolute Gasteiger partial charge is 0.275 e. The highest BCUT2D eigenvalue weighted by Crippen LogP contribution is 2.26. The molecule has 3 N–H and O–H groups in total. The van der Waals surface area contributed by atoms with Gasteiger partial charge in [-0.3, -0.25) is 15.1 Å². The van der Waals surface area contributed by atoms with Gasteiger partial charge in [0.1, 0.15) is 0 Å². The highest BCUT2D eigenvalue weighted by Gasteiger charge is 2.25. The van der Waals surface area contributed by atoms with Crippen LogP contribution < -0.4 is 11.3 Å². The van der Waals surface area contributed by atoms with Crippen molar-refractivity contribution >= 4 is 17.2 Å². The fourth-order valence-corrected chi connectivity index (χ4v) is 2.61. The Morgan fingerprint density at radius 3 is 2.67 bits per heavy atom. The molecule has 1 unspecified atom stereocenters. The Hall–Kier alpha value is -0.910. The van der Waals surface area contributed by atoms with E-state index in [0.29, 0.717) is 10.9 Å². The molecule has 0 spiro atoms. The number of nitrogens with two attached hydrogens (primary N) is 1. The molecule has 0 aliphatic heterocycles. The molecule has 0 radical (unpaired) electrons. The molecule has 5 heteroatoms. The van der Waals surface area contributed by atoms with Gasteiger partial charge in [-0.2, -0.15) is 0 Å². The van der Waals surface area contributed by atoms with E-state index < -0.39 is 0 Å². The minimum atomic E-state index is -0.211. The van der Waals surface area contributed by atoms with Crippen molar-refractivity contribution in [2.24, 2.45) is 11.3 Å². The first kappa shape index (κ1) is 15.1. The number of nitrogens with zero attached hydrogens (tertiary/aromatic N) is 1. The molecule has 102 valence electrons. The van der Waals surface area contributed by atoms with Crippen LogP contribution in [-0.2, 0) is 6.54 Å². The number of hydrogen-bond donors (Lipinski definition) is 2. The van der Waals surface area contributed by atoms with Crippen molar-refractivity contribution in [3.63, 3.8) is 0 Å². The van der Waals surface area contributed by atoms with Crippen molar-refractivity contribution in [2.45, 2.75) is 40.3 Å². The Bertz CT molecular complexity index is 409. The maximum absolute atomic E-state index is 11.6. The minimum absolute atomic E-state index is 0.209. The van der Waals surface area contributed by atoms with Gasteiger partial charge in [0.2, 0.25) is 0 Å². The molecule has 0 aliphatic rings. The van der Waals surface area contributed by atoms with Crippen molar-refractivity contribution in [3.05, 3.63) is 21.9 Å². The zero-order valence-corrected chi connectivity index (χ0v) is 12.6. The van der Waals surface area contributed by atoms with Gasteiger partial charge in [-0.15, -0.1) is 11.3 Å². The van der Waals surface area contributed by atoms with E-state index >= 15 is 0 Å². The van der Waals surface area contributed by atoms with Crippen LogP contribution in [0, 0.1) is 5.41 Å². The van der Waals surface area contributed by atoms with Gasteiger partial charge in [-0.1, -0.05) is 20.8 Å². The van der Waals surface area contributed by atoms with E-state index in [4.69, 9.17) is 5.84 Å². The zero-order valence-electron chi connectivity index (χ0n) is 11.8. The summed E-state index contributed by atoms with van der Waals surface area (Å²) in [4.78, 5) is 14.6. The summed E-state index contributed by atoms with van der Waals surface area (Å²) in [5.74, 6) is 4.97. The molecule has 0 saturated carbocycles. The average Bonchev–Trinajstić information content (AvgIpc) is 2.73. The third-order valence-electron chi connectivity index (χ3n) is 3.42. The lowest BCUT2D eigenvalue weighted by molar-refractivity contribution is 0.0953. The van der Waals surface area contributed by atoms with Gasteiger partial charge < -0.3 is 0 Å². The van der Waals surface area contributed by atoms with E-state index in [1.165, 1.54) is 11.3 Å². The third-order valence-corrected chi connectivity index (χ3v) is 4.37. The number of hydrogen-bond acceptors (Lipinski definition) is 4. The number of nitrogen functional groups attached to an aromatic ring is 1. The van der Waals surface area contributed by atoms with Crippen molar-refractivity contribution < 1.29 is 4.79 Å². The van der Waals surface area contributed by atoms with Gasteiger partial charge in [0.15, 0.2) is 0 Å². The predicted octanol–water partition coefficient (Wildman–Crippen LogP) is 2.22. The first-order valence-corrected chi connectivity index (χ1v) is 6.93. The lowest BCUT2D eigenvalue weighted by Gasteiger charge is -2.35. The molecule has 1 rings (SSSR count). The van der Waals surface area contributed by atoms with Gasteiger partial charge in [-0.25, -0.2) is 5.84 Å². The molecule has 1 aromatic heterocycles. The van der Waals surface area contributed by atoms with E-state index in [1.807, 2.05) is 11.4 Å². The monoisotopic (exact) mass is 269 g/mol. The van der Waals surface area contributed by atoms with Gasteiger partial charge in [0.25, 0.3) is 5.91 Å². The Morgan fingerprint density at radius 1 is 1.56 bits per heavy atom. The van der Waals surface area contributed by atoms with Crippen molar-refractivity contribution in [2.75, 3.05) is 7.05 Å². The van der Waals surface area contributed by atoms with Gasteiger partial charge in [0.05, 0.1) is 4.88 Å². The summed E-state index contributed by atoms with van der Waals surface area (Å²) in [6, 6.07) is 2.41. The van der Waals surface area contributed by atoms with E-state index in [1.54, 1.807) is 0 Å². The molecule has 0 bridgehead atoms. The van der Waals surface area contributed by atoms with Crippen LogP contribution in [0.3, 0.4) is 0 Å². The second-order valence-electron chi connectivity index (χ2n) is 5.71. The Kier molecular flexibility index (Phi) is 4.90. The first-order valence-electron chi connectivity index (χ1n) is 6.05. The van der Waals surface area contributed by atoms with E-state index in [0.717, 1.165) is 12.1 Å². The molecule has 0 fully saturated rings. The van der Waals surface area contributed by atoms with E-state index in [-0.39, 0.29) is 11.3 Å². The number of carbonyl (C=O) groups is 1. The maximum Gasteiger partial charge on any atom is 0.275 e. The van der Waals surface area contributed by atoms with Crippen LogP contribution in [0.5, 0.6) is 0 Å². The minimum Gasteiger partial charge on any atom is -0.299 e. The quantitative estimate of drug-likeness (QED) is 0.500. The average molecular weight is 269 g/mol. The van der Waals surface area contributed by atoms with Crippen LogP contribution in [0.25, 0.3) is 0 Å². The van der Waals surface area contributed by atoms with Crippen LogP contribution in [0.15, 0.2) is 11.4 Å². The Labute approximate surface area is 113 Å². The molecule has 1 heterocycles. The first-order chi connectivity index (χ1) is 8.27. The second kappa shape index (κ2) is 5.82. The molecule has 0 aromatic carbocycles. The van der Waals surface area contributed by atoms with Gasteiger partial charge in [-0.05, 0) is 36.4 Å². The number of hydrazine groups is 1. The molecule has 18 heavy (non-hydrogen) atoms. The zero-order chi connectivity index (χ0) is 13.9. The normalized spacial score (nSPS) is 13.7. The third kappa shape index (κ3) is 3.54. The number of carbonyl (C=O) groups excluding carboxylic acids is 1. The van der Waals surface area contributed by atoms with Crippen LogP contribution in [-0.4, -0.2) is 23.9 Å². The predicted molar refractivity (Wildman–Crippen MR) is 76.4 cm³/mol. The highest BCUT2D eigenvalue weighted by atomic mass is 32.1. The summed E-state index contributed by atoms with van der Waals surface area (Å²) in [5, 5.41) is 1.93. The Balaban J connectivity index is 2.80. The second-order valence-corrected chi connectivity index (χ2v) is 6.62. The van der Waals surface area contributed by atoms with Crippen LogP contribution in [0.1, 0.15) is 42.9 Å². The largest absolute Gasteiger partial charge is 0.299 e. The molecule has 1 aromatic rings. The van der Waals surface area contributed by atoms with E-state index in [2.05, 4.69) is 45.1 Å². The SMILES string of the molecule is CC(N(C)Cc1ccsc1C(=O)NN)C(C)(C)C. The van der Waals surface area contributed by atoms with Crippen LogP contribution >= 0.6 is 11.3 Å². The fraction of sp³-hybridized carbons (Fsp3) is 0.615. The number of rotatable bonds is 4. The number of amides is 1. The highest BCUT2D eigenvalue weighted by molar-refractivity contribution is 7.12. The molecule has 0 saturated heterocycles. The lowest BCUT2D eigenvalue weighted by atomic mass is 9.87. The molecule has 4 nitrogen and oxygen atoms in total. The summed E-state index contributed by atoms with van der Waals surface area (Å²) in [7, 11) is 2.08. The molecule has 0 aliphatic carbocycles. The van der Waals surface area contributed by atoms with Gasteiger partial charge >= 0.3 is 0 Å². The maximum atomic E-state index is 11.6. The summed E-state index contributed by atoms with van der Waals surface area (Å²) in [5.41, 5.74) is 3.43. The summed E-state index contributed by atoms with van der Waals surface area (Å²) < 4.78 is 0. The number of thiophene rings is 1. The molecule has 1 amide bonds. The molecular formula is C13H23N3OS. The van der Waals surface area contributed by atoms with Crippen molar-refractivity contribution in [1.29, 1.82) is 0 Å². The van der Waals surface area contributed by atoms with Crippen LogP contribution in [0.2, 0.25) is 0 Å². The number of nitrogens with one attached hydrogen (secondary N) is 1. The summed E-state index contributed by atoms with van der Waals surface area (Å²) in [6.45, 7) is 9.61. The fourth-order valence-electron chi connectivity index (χ4n) is 1.79. The summed E-state index contributed by atoms with van der Waals surface area (Å²) >= 11 is 1.42. The Morgan fingerprint density at radius 2 is 2.17 bits per heavy atom. The molecular weight excluding hydrogens is 246 g/mol. The van der Waals surface area contributed by atoms with Crippen LogP contribution in [0.4, 0.5) is 0 Å². The van der Waals surface area contributed by atoms with E-state index in [9.17, 15) is 4.79 Å².